The molecule has 5 heteroatoms. The van der Waals surface area contributed by atoms with Crippen molar-refractivity contribution in [3.05, 3.63) is 52.0 Å². The molecule has 2 aromatic carbocycles. The zero-order valence-electron chi connectivity index (χ0n) is 11.1. The van der Waals surface area contributed by atoms with E-state index in [0.29, 0.717) is 10.7 Å². The minimum Gasteiger partial charge on any atom is -0.456 e. The smallest absolute Gasteiger partial charge is 0.138 e. The van der Waals surface area contributed by atoms with Gasteiger partial charge in [-0.1, -0.05) is 40.3 Å². The summed E-state index contributed by atoms with van der Waals surface area (Å²) < 4.78 is 6.98. The molecule has 0 spiro atoms. The first-order valence-corrected chi connectivity index (χ1v) is 8.36. The molecular weight excluding hydrogens is 354 g/mol. The Bertz CT molecular complexity index is 658. The third-order valence-corrected chi connectivity index (χ3v) is 4.30. The van der Waals surface area contributed by atoms with Gasteiger partial charge in [-0.3, -0.25) is 0 Å². The van der Waals surface area contributed by atoms with E-state index in [0.717, 1.165) is 26.2 Å². The molecule has 0 aliphatic heterocycles. The molecule has 0 aliphatic rings. The number of ether oxygens (including phenoxy) is 1. The molecule has 0 aromatic heterocycles. The molecule has 0 amide bonds. The molecule has 0 heterocycles. The van der Waals surface area contributed by atoms with Crippen LogP contribution in [0.1, 0.15) is 11.1 Å². The molecule has 2 nitrogen and oxygen atoms in total. The molecule has 2 aromatic rings. The van der Waals surface area contributed by atoms with Crippen molar-refractivity contribution in [2.75, 3.05) is 6.26 Å². The van der Waals surface area contributed by atoms with Gasteiger partial charge in [-0.2, -0.15) is 0 Å². The van der Waals surface area contributed by atoms with Crippen molar-refractivity contribution in [2.45, 2.75) is 11.8 Å². The van der Waals surface area contributed by atoms with Crippen molar-refractivity contribution in [3.8, 4) is 11.5 Å². The lowest BCUT2D eigenvalue weighted by atomic mass is 10.2. The Kier molecular flexibility index (Phi) is 5.07. The lowest BCUT2D eigenvalue weighted by molar-refractivity contribution is 0.476. The monoisotopic (exact) mass is 367 g/mol. The van der Waals surface area contributed by atoms with Crippen LogP contribution in [0.2, 0.25) is 0 Å². The molecule has 0 fully saturated rings. The van der Waals surface area contributed by atoms with Crippen LogP contribution in [-0.2, 0) is 0 Å². The van der Waals surface area contributed by atoms with Gasteiger partial charge in [0.1, 0.15) is 16.5 Å². The molecule has 0 atom stereocenters. The van der Waals surface area contributed by atoms with E-state index < -0.39 is 0 Å². The number of rotatable bonds is 4. The van der Waals surface area contributed by atoms with Gasteiger partial charge in [0.15, 0.2) is 0 Å². The number of hydrogen-bond acceptors (Lipinski definition) is 3. The molecule has 0 bridgehead atoms. The molecule has 0 radical (unpaired) electrons. The molecule has 0 aliphatic carbocycles. The highest BCUT2D eigenvalue weighted by Gasteiger charge is 2.13. The Labute approximate surface area is 136 Å². The van der Waals surface area contributed by atoms with Gasteiger partial charge in [0.25, 0.3) is 0 Å². The Morgan fingerprint density at radius 1 is 1.25 bits per heavy atom. The summed E-state index contributed by atoms with van der Waals surface area (Å²) in [5.74, 6) is 1.47. The van der Waals surface area contributed by atoms with Crippen molar-refractivity contribution in [2.24, 2.45) is 5.73 Å². The van der Waals surface area contributed by atoms with Crippen molar-refractivity contribution >= 4 is 44.9 Å². The summed E-state index contributed by atoms with van der Waals surface area (Å²) in [6.07, 6.45) is 1.99. The number of benzene rings is 2. The van der Waals surface area contributed by atoms with Crippen LogP contribution in [0.4, 0.5) is 0 Å². The second kappa shape index (κ2) is 6.61. The average molecular weight is 368 g/mol. The van der Waals surface area contributed by atoms with Crippen LogP contribution in [0.15, 0.2) is 45.8 Å². The minimum absolute atomic E-state index is 0.345. The molecular formula is C15H14BrNOS2. The van der Waals surface area contributed by atoms with E-state index in [9.17, 15) is 0 Å². The zero-order valence-corrected chi connectivity index (χ0v) is 14.4. The minimum atomic E-state index is 0.345. The summed E-state index contributed by atoms with van der Waals surface area (Å²) in [5, 5.41) is 0. The number of thiocarbonyl (C=S) groups is 1. The lowest BCUT2D eigenvalue weighted by Crippen LogP contribution is -2.12. The summed E-state index contributed by atoms with van der Waals surface area (Å²) >= 11 is 10.2. The van der Waals surface area contributed by atoms with Crippen LogP contribution in [-0.4, -0.2) is 11.2 Å². The van der Waals surface area contributed by atoms with Crippen LogP contribution in [0, 0.1) is 6.92 Å². The standard InChI is InChI=1S/C15H14BrNOS2/c1-9-6-7-10(16)8-12(9)18-11-4-3-5-13(20-2)14(11)15(17)19/h3-8H,1-2H3,(H2,17,19). The first-order chi connectivity index (χ1) is 9.52. The summed E-state index contributed by atoms with van der Waals surface area (Å²) in [7, 11) is 0. The summed E-state index contributed by atoms with van der Waals surface area (Å²) in [5.41, 5.74) is 7.68. The third-order valence-electron chi connectivity index (χ3n) is 2.82. The highest BCUT2D eigenvalue weighted by molar-refractivity contribution is 9.10. The summed E-state index contributed by atoms with van der Waals surface area (Å²) in [4.78, 5) is 1.36. The van der Waals surface area contributed by atoms with E-state index in [1.807, 2.05) is 49.6 Å². The fourth-order valence-electron chi connectivity index (χ4n) is 1.81. The van der Waals surface area contributed by atoms with Gasteiger partial charge in [0.05, 0.1) is 5.56 Å². The van der Waals surface area contributed by atoms with E-state index in [4.69, 9.17) is 22.7 Å². The van der Waals surface area contributed by atoms with Crippen molar-refractivity contribution in [1.29, 1.82) is 0 Å². The van der Waals surface area contributed by atoms with E-state index in [1.54, 1.807) is 11.8 Å². The second-order valence-electron chi connectivity index (χ2n) is 4.21. The average Bonchev–Trinajstić information content (AvgIpc) is 2.42. The number of nitrogens with two attached hydrogens (primary N) is 1. The van der Waals surface area contributed by atoms with Crippen LogP contribution < -0.4 is 10.5 Å². The van der Waals surface area contributed by atoms with Crippen LogP contribution >= 0.6 is 39.9 Å². The lowest BCUT2D eigenvalue weighted by Gasteiger charge is -2.15. The predicted octanol–water partition coefficient (Wildman–Crippen LogP) is 4.91. The third kappa shape index (κ3) is 3.34. The largest absolute Gasteiger partial charge is 0.456 e. The van der Waals surface area contributed by atoms with Gasteiger partial charge >= 0.3 is 0 Å². The molecule has 0 unspecified atom stereocenters. The number of aryl methyl sites for hydroxylation is 1. The fourth-order valence-corrected chi connectivity index (χ4v) is 3.06. The fraction of sp³-hybridized carbons (Fsp3) is 0.133. The Morgan fingerprint density at radius 2 is 2.00 bits per heavy atom. The van der Waals surface area contributed by atoms with Gasteiger partial charge in [-0.25, -0.2) is 0 Å². The van der Waals surface area contributed by atoms with E-state index in [-0.39, 0.29) is 0 Å². The van der Waals surface area contributed by atoms with Gasteiger partial charge in [0.2, 0.25) is 0 Å². The van der Waals surface area contributed by atoms with E-state index >= 15 is 0 Å². The van der Waals surface area contributed by atoms with Gasteiger partial charge in [0, 0.05) is 9.37 Å². The highest BCUT2D eigenvalue weighted by atomic mass is 79.9. The molecule has 0 saturated carbocycles. The molecule has 0 saturated heterocycles. The first kappa shape index (κ1) is 15.4. The zero-order chi connectivity index (χ0) is 14.7. The van der Waals surface area contributed by atoms with Crippen molar-refractivity contribution in [3.63, 3.8) is 0 Å². The molecule has 20 heavy (non-hydrogen) atoms. The van der Waals surface area contributed by atoms with Crippen molar-refractivity contribution < 1.29 is 4.74 Å². The van der Waals surface area contributed by atoms with Gasteiger partial charge < -0.3 is 10.5 Å². The van der Waals surface area contributed by atoms with Crippen LogP contribution in [0.5, 0.6) is 11.5 Å². The molecule has 2 rings (SSSR count). The van der Waals surface area contributed by atoms with E-state index in [1.165, 1.54) is 0 Å². The maximum Gasteiger partial charge on any atom is 0.138 e. The van der Waals surface area contributed by atoms with Crippen molar-refractivity contribution in [1.82, 2.24) is 0 Å². The summed E-state index contributed by atoms with van der Waals surface area (Å²) in [6, 6.07) is 11.7. The normalized spacial score (nSPS) is 10.3. The highest BCUT2D eigenvalue weighted by Crippen LogP contribution is 2.34. The molecule has 104 valence electrons. The number of halogens is 1. The predicted molar refractivity (Wildman–Crippen MR) is 93.1 cm³/mol. The first-order valence-electron chi connectivity index (χ1n) is 5.93. The van der Waals surface area contributed by atoms with Crippen LogP contribution in [0.25, 0.3) is 0 Å². The van der Waals surface area contributed by atoms with Gasteiger partial charge in [-0.15, -0.1) is 11.8 Å². The van der Waals surface area contributed by atoms with E-state index in [2.05, 4.69) is 15.9 Å². The molecule has 2 N–H and O–H groups in total. The number of hydrogen-bond donors (Lipinski definition) is 1. The maximum absolute atomic E-state index is 6.01. The maximum atomic E-state index is 6.01. The van der Waals surface area contributed by atoms with Crippen LogP contribution in [0.3, 0.4) is 0 Å². The second-order valence-corrected chi connectivity index (χ2v) is 6.41. The Morgan fingerprint density at radius 3 is 2.65 bits per heavy atom. The van der Waals surface area contributed by atoms with Gasteiger partial charge in [-0.05, 0) is 43.0 Å². The number of thioether (sulfide) groups is 1. The Balaban J connectivity index is 2.48. The summed E-state index contributed by atoms with van der Waals surface area (Å²) in [6.45, 7) is 2.00. The topological polar surface area (TPSA) is 35.2 Å². The SMILES string of the molecule is CSc1cccc(Oc2cc(Br)ccc2C)c1C(N)=S. The Hall–Kier alpha value is -1.04. The quantitative estimate of drug-likeness (QED) is 0.615.